The Hall–Kier alpha value is -2.12. The first kappa shape index (κ1) is 9.76. The van der Waals surface area contributed by atoms with E-state index in [9.17, 15) is 0 Å². The van der Waals surface area contributed by atoms with Crippen LogP contribution in [0.5, 0.6) is 0 Å². The number of hydrogen-bond donors (Lipinski definition) is 0. The maximum absolute atomic E-state index is 5.77. The Morgan fingerprint density at radius 2 is 1.37 bits per heavy atom. The Kier molecular flexibility index (Phi) is 1.67. The van der Waals surface area contributed by atoms with Crippen molar-refractivity contribution in [3.63, 3.8) is 0 Å². The van der Waals surface area contributed by atoms with Gasteiger partial charge in [0.25, 0.3) is 0 Å². The van der Waals surface area contributed by atoms with Gasteiger partial charge in [-0.15, -0.1) is 0 Å². The fourth-order valence-electron chi connectivity index (χ4n) is 3.38. The fraction of sp³-hybridized carbons (Fsp3) is 0.111. The minimum absolute atomic E-state index is 0.273. The molecule has 0 spiro atoms. The molecule has 3 aromatic carbocycles. The predicted molar refractivity (Wildman–Crippen MR) is 78.1 cm³/mol. The van der Waals surface area contributed by atoms with Crippen molar-refractivity contribution in [2.45, 2.75) is 12.2 Å². The zero-order valence-corrected chi connectivity index (χ0v) is 10.3. The Morgan fingerprint density at radius 1 is 0.737 bits per heavy atom. The van der Waals surface area contributed by atoms with Gasteiger partial charge in [0.15, 0.2) is 0 Å². The molecule has 0 radical (unpaired) electrons. The molecule has 0 aromatic heterocycles. The summed E-state index contributed by atoms with van der Waals surface area (Å²) in [6.07, 6.45) is 5.00. The summed E-state index contributed by atoms with van der Waals surface area (Å²) < 4.78 is 5.77. The third-order valence-corrected chi connectivity index (χ3v) is 4.28. The molecule has 0 saturated carbocycles. The molecule has 1 nitrogen and oxygen atoms in total. The van der Waals surface area contributed by atoms with Crippen LogP contribution in [0.3, 0.4) is 0 Å². The Balaban J connectivity index is 2.10. The van der Waals surface area contributed by atoms with Crippen molar-refractivity contribution in [3.8, 4) is 0 Å². The van der Waals surface area contributed by atoms with Crippen molar-refractivity contribution in [2.75, 3.05) is 0 Å². The Bertz CT molecular complexity index is 860. The monoisotopic (exact) mass is 244 g/mol. The number of epoxide rings is 1. The number of fused-ring (bicyclic) bond motifs is 8. The highest BCUT2D eigenvalue weighted by atomic mass is 16.6. The van der Waals surface area contributed by atoms with E-state index in [2.05, 4.69) is 60.7 Å². The van der Waals surface area contributed by atoms with Gasteiger partial charge in [0.1, 0.15) is 12.2 Å². The summed E-state index contributed by atoms with van der Waals surface area (Å²) in [6, 6.07) is 17.3. The molecule has 1 aliphatic heterocycles. The van der Waals surface area contributed by atoms with Crippen molar-refractivity contribution in [1.82, 2.24) is 0 Å². The number of hydrogen-bond acceptors (Lipinski definition) is 1. The first-order valence-corrected chi connectivity index (χ1v) is 6.70. The second-order valence-corrected chi connectivity index (χ2v) is 5.30. The molecule has 1 aliphatic carbocycles. The standard InChI is InChI=1S/C18H12O/c1-2-7-13-11(5-1)12-6-3-4-8-14(12)17-15(13)9-10-16-18(17)19-16/h1-10,16,18H/t16-,18-/m1/s1. The summed E-state index contributed by atoms with van der Waals surface area (Å²) in [7, 11) is 0. The van der Waals surface area contributed by atoms with Crippen molar-refractivity contribution in [2.24, 2.45) is 0 Å². The molecule has 2 aliphatic rings. The van der Waals surface area contributed by atoms with Crippen LogP contribution in [-0.4, -0.2) is 6.10 Å². The van der Waals surface area contributed by atoms with Gasteiger partial charge < -0.3 is 4.74 Å². The van der Waals surface area contributed by atoms with Crippen LogP contribution in [0.15, 0.2) is 54.6 Å². The molecule has 1 saturated heterocycles. The van der Waals surface area contributed by atoms with Gasteiger partial charge in [-0.25, -0.2) is 0 Å². The van der Waals surface area contributed by atoms with E-state index in [1.807, 2.05) is 0 Å². The fourth-order valence-corrected chi connectivity index (χ4v) is 3.38. The van der Waals surface area contributed by atoms with Gasteiger partial charge >= 0.3 is 0 Å². The molecule has 1 fully saturated rings. The minimum Gasteiger partial charge on any atom is -0.360 e. The summed E-state index contributed by atoms with van der Waals surface area (Å²) in [6.45, 7) is 0. The van der Waals surface area contributed by atoms with Crippen LogP contribution < -0.4 is 0 Å². The zero-order chi connectivity index (χ0) is 12.4. The van der Waals surface area contributed by atoms with Gasteiger partial charge in [0.2, 0.25) is 0 Å². The van der Waals surface area contributed by atoms with Gasteiger partial charge in [-0.3, -0.25) is 0 Å². The molecule has 19 heavy (non-hydrogen) atoms. The molecule has 3 aromatic rings. The lowest BCUT2D eigenvalue weighted by atomic mass is 9.87. The van der Waals surface area contributed by atoms with E-state index < -0.39 is 0 Å². The second kappa shape index (κ2) is 3.25. The molecule has 0 amide bonds. The van der Waals surface area contributed by atoms with E-state index in [0.29, 0.717) is 6.10 Å². The van der Waals surface area contributed by atoms with Gasteiger partial charge in [-0.1, -0.05) is 60.7 Å². The summed E-state index contributed by atoms with van der Waals surface area (Å²) in [5.41, 5.74) is 2.72. The third kappa shape index (κ3) is 1.18. The Labute approximate surface area is 111 Å². The molecule has 0 N–H and O–H groups in total. The minimum atomic E-state index is 0.273. The number of rotatable bonds is 0. The van der Waals surface area contributed by atoms with E-state index in [0.717, 1.165) is 0 Å². The van der Waals surface area contributed by atoms with Crippen LogP contribution >= 0.6 is 0 Å². The Morgan fingerprint density at radius 3 is 2.16 bits per heavy atom. The van der Waals surface area contributed by atoms with Crippen LogP contribution in [-0.2, 0) is 4.74 Å². The summed E-state index contributed by atoms with van der Waals surface area (Å²) >= 11 is 0. The highest BCUT2D eigenvalue weighted by Gasteiger charge is 2.42. The van der Waals surface area contributed by atoms with E-state index in [-0.39, 0.29) is 6.10 Å². The zero-order valence-electron chi connectivity index (χ0n) is 10.3. The van der Waals surface area contributed by atoms with Crippen LogP contribution in [0.2, 0.25) is 0 Å². The maximum atomic E-state index is 5.77. The lowest BCUT2D eigenvalue weighted by molar-refractivity contribution is 0.396. The molecule has 1 heterocycles. The average Bonchev–Trinajstić information content (AvgIpc) is 3.26. The molecule has 0 unspecified atom stereocenters. The van der Waals surface area contributed by atoms with E-state index >= 15 is 0 Å². The average molecular weight is 244 g/mol. The highest BCUT2D eigenvalue weighted by molar-refractivity contribution is 6.13. The van der Waals surface area contributed by atoms with Crippen molar-refractivity contribution in [3.05, 3.63) is 65.7 Å². The van der Waals surface area contributed by atoms with Crippen LogP contribution in [0.25, 0.3) is 27.6 Å². The van der Waals surface area contributed by atoms with Gasteiger partial charge in [0.05, 0.1) is 0 Å². The normalized spacial score (nSPS) is 23.4. The van der Waals surface area contributed by atoms with Crippen LogP contribution in [0.1, 0.15) is 17.2 Å². The maximum Gasteiger partial charge on any atom is 0.114 e. The summed E-state index contributed by atoms with van der Waals surface area (Å²) in [5.74, 6) is 0. The number of ether oxygens (including phenoxy) is 1. The first-order valence-electron chi connectivity index (χ1n) is 6.70. The molecule has 2 atom stereocenters. The lowest BCUT2D eigenvalue weighted by Gasteiger charge is -2.15. The van der Waals surface area contributed by atoms with Crippen LogP contribution in [0, 0.1) is 0 Å². The van der Waals surface area contributed by atoms with Crippen molar-refractivity contribution in [1.29, 1.82) is 0 Å². The van der Waals surface area contributed by atoms with E-state index in [4.69, 9.17) is 4.74 Å². The van der Waals surface area contributed by atoms with Crippen molar-refractivity contribution < 1.29 is 4.74 Å². The molecule has 1 heteroatoms. The summed E-state index contributed by atoms with van der Waals surface area (Å²) in [4.78, 5) is 0. The number of benzene rings is 3. The molecular weight excluding hydrogens is 232 g/mol. The smallest absolute Gasteiger partial charge is 0.114 e. The highest BCUT2D eigenvalue weighted by Crippen LogP contribution is 2.50. The van der Waals surface area contributed by atoms with Gasteiger partial charge in [-0.05, 0) is 32.7 Å². The predicted octanol–water partition coefficient (Wildman–Crippen LogP) is 4.46. The molecule has 5 rings (SSSR count). The van der Waals surface area contributed by atoms with Gasteiger partial charge in [0, 0.05) is 0 Å². The molecular formula is C18H12O. The molecule has 0 bridgehead atoms. The second-order valence-electron chi connectivity index (χ2n) is 5.30. The van der Waals surface area contributed by atoms with Crippen LogP contribution in [0.4, 0.5) is 0 Å². The lowest BCUT2D eigenvalue weighted by Crippen LogP contribution is -1.98. The van der Waals surface area contributed by atoms with Gasteiger partial charge in [-0.2, -0.15) is 0 Å². The van der Waals surface area contributed by atoms with E-state index in [1.54, 1.807) is 0 Å². The third-order valence-electron chi connectivity index (χ3n) is 4.28. The SMILES string of the molecule is C1=C[C@H]2O[C@H]2c2c1c1ccccc1c1ccccc21. The first-order chi connectivity index (χ1) is 9.43. The quantitative estimate of drug-likeness (QED) is 0.420. The van der Waals surface area contributed by atoms with E-state index in [1.165, 1.54) is 32.7 Å². The molecule has 90 valence electrons. The largest absolute Gasteiger partial charge is 0.360 e. The van der Waals surface area contributed by atoms with Crippen molar-refractivity contribution >= 4 is 27.6 Å². The summed E-state index contributed by atoms with van der Waals surface area (Å²) in [5, 5.41) is 5.34. The topological polar surface area (TPSA) is 12.5 Å².